The van der Waals surface area contributed by atoms with Gasteiger partial charge in [0.2, 0.25) is 0 Å². The monoisotopic (exact) mass is 484 g/mol. The average molecular weight is 485 g/mol. The maximum atomic E-state index is 12.8. The fourth-order valence-electron chi connectivity index (χ4n) is 3.57. The number of hydrogen-bond donors (Lipinski definition) is 1. The molecule has 1 N–H and O–H groups in total. The summed E-state index contributed by atoms with van der Waals surface area (Å²) in [5, 5.41) is 19.2. The molecule has 0 aliphatic carbocycles. The maximum Gasteiger partial charge on any atom is 0.261 e. The highest BCUT2D eigenvalue weighted by Gasteiger charge is 2.16. The minimum Gasteiger partial charge on any atom is -0.493 e. The molecule has 2 heterocycles. The first-order valence-electron chi connectivity index (χ1n) is 10.9. The van der Waals surface area contributed by atoms with Gasteiger partial charge in [-0.25, -0.2) is 4.68 Å². The van der Waals surface area contributed by atoms with Crippen molar-refractivity contribution in [2.75, 3.05) is 20.8 Å². The van der Waals surface area contributed by atoms with Gasteiger partial charge in [-0.2, -0.15) is 10.4 Å². The van der Waals surface area contributed by atoms with Crippen LogP contribution in [0.1, 0.15) is 11.1 Å². The van der Waals surface area contributed by atoms with Crippen LogP contribution in [0.15, 0.2) is 77.8 Å². The second kappa shape index (κ2) is 11.2. The molecule has 0 fully saturated rings. The van der Waals surface area contributed by atoms with E-state index in [0.29, 0.717) is 30.0 Å². The summed E-state index contributed by atoms with van der Waals surface area (Å²) >= 11 is 1.55. The van der Waals surface area contributed by atoms with Gasteiger partial charge in [-0.15, -0.1) is 11.3 Å². The summed E-state index contributed by atoms with van der Waals surface area (Å²) in [6.45, 7) is 0.369. The normalized spacial score (nSPS) is 11.1. The van der Waals surface area contributed by atoms with Crippen molar-refractivity contribution in [3.63, 3.8) is 0 Å². The first-order chi connectivity index (χ1) is 17.1. The summed E-state index contributed by atoms with van der Waals surface area (Å²) in [5.74, 6) is 0.843. The van der Waals surface area contributed by atoms with Crippen LogP contribution in [0.2, 0.25) is 0 Å². The molecule has 0 bridgehead atoms. The Labute approximate surface area is 207 Å². The molecule has 4 aromatic rings. The Balaban J connectivity index is 1.52. The fraction of sp³-hybridized carbons (Fsp3) is 0.148. The molecule has 2 aromatic carbocycles. The quantitative estimate of drug-likeness (QED) is 0.270. The van der Waals surface area contributed by atoms with Gasteiger partial charge in [-0.05, 0) is 53.8 Å². The van der Waals surface area contributed by atoms with Crippen molar-refractivity contribution < 1.29 is 14.3 Å². The topological polar surface area (TPSA) is 89.2 Å². The number of amides is 1. The zero-order valence-electron chi connectivity index (χ0n) is 19.4. The third-order valence-corrected chi connectivity index (χ3v) is 6.21. The number of aromatic nitrogens is 2. The van der Waals surface area contributed by atoms with E-state index in [9.17, 15) is 10.1 Å². The minimum atomic E-state index is -0.433. The molecule has 2 aromatic heterocycles. The van der Waals surface area contributed by atoms with Gasteiger partial charge < -0.3 is 14.8 Å². The van der Waals surface area contributed by atoms with Gasteiger partial charge in [0.1, 0.15) is 17.3 Å². The van der Waals surface area contributed by atoms with Crippen molar-refractivity contribution >= 4 is 23.3 Å². The van der Waals surface area contributed by atoms with Crippen LogP contribution in [0.4, 0.5) is 0 Å². The van der Waals surface area contributed by atoms with Crippen LogP contribution in [0.25, 0.3) is 22.3 Å². The number of para-hydroxylation sites is 1. The lowest BCUT2D eigenvalue weighted by atomic mass is 10.1. The van der Waals surface area contributed by atoms with E-state index in [4.69, 9.17) is 14.6 Å². The van der Waals surface area contributed by atoms with Crippen molar-refractivity contribution in [3.05, 3.63) is 88.9 Å². The van der Waals surface area contributed by atoms with Gasteiger partial charge in [0.05, 0.1) is 24.8 Å². The standard InChI is InChI=1S/C27H24N4O3S/c1-33-23-11-10-19(15-24(23)34-2)12-13-29-27(32)20(17-28)16-21-18-31(22-7-4-3-5-8-22)30-26(21)25-9-6-14-35-25/h3-11,14-16,18H,12-13H2,1-2H3,(H,29,32)/b20-16+. The second-order valence-corrected chi connectivity index (χ2v) is 8.50. The molecule has 7 nitrogen and oxygen atoms in total. The third-order valence-electron chi connectivity index (χ3n) is 5.33. The fourth-order valence-corrected chi connectivity index (χ4v) is 4.30. The highest BCUT2D eigenvalue weighted by Crippen LogP contribution is 2.30. The van der Waals surface area contributed by atoms with Crippen molar-refractivity contribution in [1.29, 1.82) is 5.26 Å². The number of carbonyl (C=O) groups is 1. The lowest BCUT2D eigenvalue weighted by Gasteiger charge is -2.10. The molecule has 4 rings (SSSR count). The predicted octanol–water partition coefficient (Wildman–Crippen LogP) is 4.88. The molecule has 8 heteroatoms. The summed E-state index contributed by atoms with van der Waals surface area (Å²) in [5.41, 5.74) is 3.30. The van der Waals surface area contributed by atoms with E-state index < -0.39 is 5.91 Å². The van der Waals surface area contributed by atoms with Crippen molar-refractivity contribution in [2.45, 2.75) is 6.42 Å². The Morgan fingerprint density at radius 1 is 1.11 bits per heavy atom. The van der Waals surface area contributed by atoms with E-state index >= 15 is 0 Å². The van der Waals surface area contributed by atoms with Gasteiger partial charge in [0.25, 0.3) is 5.91 Å². The van der Waals surface area contributed by atoms with E-state index in [0.717, 1.165) is 21.8 Å². The number of carbonyl (C=O) groups excluding carboxylic acids is 1. The molecule has 0 unspecified atom stereocenters. The van der Waals surface area contributed by atoms with Crippen LogP contribution in [0.5, 0.6) is 11.5 Å². The molecule has 0 aliphatic heterocycles. The van der Waals surface area contributed by atoms with Crippen LogP contribution in [-0.2, 0) is 11.2 Å². The molecule has 35 heavy (non-hydrogen) atoms. The molecular formula is C27H24N4O3S. The van der Waals surface area contributed by atoms with Crippen LogP contribution < -0.4 is 14.8 Å². The average Bonchev–Trinajstić information content (AvgIpc) is 3.57. The second-order valence-electron chi connectivity index (χ2n) is 7.56. The molecule has 0 aliphatic rings. The van der Waals surface area contributed by atoms with E-state index in [2.05, 4.69) is 5.32 Å². The predicted molar refractivity (Wildman–Crippen MR) is 137 cm³/mol. The Kier molecular flexibility index (Phi) is 7.60. The van der Waals surface area contributed by atoms with E-state index in [1.807, 2.05) is 78.3 Å². The molecule has 0 spiro atoms. The number of nitrogens with zero attached hydrogens (tertiary/aromatic N) is 3. The first-order valence-corrected chi connectivity index (χ1v) is 11.8. The summed E-state index contributed by atoms with van der Waals surface area (Å²) in [4.78, 5) is 13.8. The van der Waals surface area contributed by atoms with Gasteiger partial charge in [0.15, 0.2) is 11.5 Å². The molecular weight excluding hydrogens is 460 g/mol. The van der Waals surface area contributed by atoms with Crippen LogP contribution in [0, 0.1) is 11.3 Å². The maximum absolute atomic E-state index is 12.8. The van der Waals surface area contributed by atoms with Crippen LogP contribution in [0.3, 0.4) is 0 Å². The van der Waals surface area contributed by atoms with Crippen LogP contribution >= 0.6 is 11.3 Å². The number of nitriles is 1. The third kappa shape index (κ3) is 5.60. The Bertz CT molecular complexity index is 1370. The zero-order valence-corrected chi connectivity index (χ0v) is 20.2. The van der Waals surface area contributed by atoms with Crippen molar-refractivity contribution in [2.24, 2.45) is 0 Å². The molecule has 176 valence electrons. The first kappa shape index (κ1) is 23.8. The zero-order chi connectivity index (χ0) is 24.6. The molecule has 0 radical (unpaired) electrons. The number of rotatable bonds is 9. The van der Waals surface area contributed by atoms with E-state index in [-0.39, 0.29) is 5.57 Å². The highest BCUT2D eigenvalue weighted by molar-refractivity contribution is 7.13. The van der Waals surface area contributed by atoms with Crippen molar-refractivity contribution in [1.82, 2.24) is 15.1 Å². The van der Waals surface area contributed by atoms with Crippen molar-refractivity contribution in [3.8, 4) is 33.8 Å². The van der Waals surface area contributed by atoms with Gasteiger partial charge in [0, 0.05) is 18.3 Å². The number of nitrogens with one attached hydrogen (secondary N) is 1. The SMILES string of the molecule is COc1ccc(CCNC(=O)/C(C#N)=C/c2cn(-c3ccccc3)nc2-c2cccs2)cc1OC. The molecule has 0 saturated carbocycles. The molecule has 0 atom stereocenters. The Morgan fingerprint density at radius 2 is 1.91 bits per heavy atom. The summed E-state index contributed by atoms with van der Waals surface area (Å²) in [6.07, 6.45) is 4.00. The van der Waals surface area contributed by atoms with E-state index in [1.165, 1.54) is 0 Å². The summed E-state index contributed by atoms with van der Waals surface area (Å²) < 4.78 is 12.3. The number of thiophene rings is 1. The number of hydrogen-bond acceptors (Lipinski definition) is 6. The lowest BCUT2D eigenvalue weighted by molar-refractivity contribution is -0.117. The Morgan fingerprint density at radius 3 is 2.60 bits per heavy atom. The molecule has 1 amide bonds. The van der Waals surface area contributed by atoms with Gasteiger partial charge in [-0.3, -0.25) is 4.79 Å². The van der Waals surface area contributed by atoms with Gasteiger partial charge >= 0.3 is 0 Å². The summed E-state index contributed by atoms with van der Waals surface area (Å²) in [7, 11) is 3.17. The Hall–Kier alpha value is -4.35. The number of benzene rings is 2. The molecule has 0 saturated heterocycles. The largest absolute Gasteiger partial charge is 0.493 e. The van der Waals surface area contributed by atoms with Crippen LogP contribution in [-0.4, -0.2) is 36.5 Å². The highest BCUT2D eigenvalue weighted by atomic mass is 32.1. The number of methoxy groups -OCH3 is 2. The van der Waals surface area contributed by atoms with E-state index in [1.54, 1.807) is 36.3 Å². The smallest absolute Gasteiger partial charge is 0.261 e. The lowest BCUT2D eigenvalue weighted by Crippen LogP contribution is -2.26. The van der Waals surface area contributed by atoms with Gasteiger partial charge in [-0.1, -0.05) is 30.3 Å². The summed E-state index contributed by atoms with van der Waals surface area (Å²) in [6, 6.07) is 21.3. The minimum absolute atomic E-state index is 0.0164. The number of ether oxygens (including phenoxy) is 2.